The molecule has 1 heterocycles. The van der Waals surface area contributed by atoms with Crippen molar-refractivity contribution in [1.29, 1.82) is 0 Å². The molecule has 1 aliphatic carbocycles. The highest BCUT2D eigenvalue weighted by molar-refractivity contribution is 7.14. The van der Waals surface area contributed by atoms with Crippen LogP contribution in [0, 0.1) is 0 Å². The van der Waals surface area contributed by atoms with Crippen LogP contribution in [0.2, 0.25) is 0 Å². The molecule has 0 radical (unpaired) electrons. The quantitative estimate of drug-likeness (QED) is 0.723. The van der Waals surface area contributed by atoms with Crippen molar-refractivity contribution in [2.75, 3.05) is 0 Å². The molecule has 2 heteroatoms. The van der Waals surface area contributed by atoms with E-state index in [1.807, 2.05) is 18.2 Å². The lowest BCUT2D eigenvalue weighted by molar-refractivity contribution is 0.112. The lowest BCUT2D eigenvalue weighted by Gasteiger charge is -2.00. The molecule has 0 spiro atoms. The average molecular weight is 278 g/mol. The summed E-state index contributed by atoms with van der Waals surface area (Å²) in [5, 5.41) is 0. The first kappa shape index (κ1) is 12.8. The van der Waals surface area contributed by atoms with Crippen LogP contribution in [0.4, 0.5) is 0 Å². The van der Waals surface area contributed by atoms with Crippen molar-refractivity contribution in [3.63, 3.8) is 0 Å². The van der Waals surface area contributed by atoms with Gasteiger partial charge in [0.2, 0.25) is 0 Å². The Labute approximate surface area is 122 Å². The van der Waals surface area contributed by atoms with Crippen molar-refractivity contribution < 1.29 is 4.79 Å². The van der Waals surface area contributed by atoms with Crippen molar-refractivity contribution in [3.8, 4) is 0 Å². The van der Waals surface area contributed by atoms with Crippen LogP contribution in [0.1, 0.15) is 26.5 Å². The van der Waals surface area contributed by atoms with Crippen LogP contribution in [0.5, 0.6) is 0 Å². The summed E-state index contributed by atoms with van der Waals surface area (Å²) in [5.74, 6) is 0. The highest BCUT2D eigenvalue weighted by Gasteiger charge is 2.06. The topological polar surface area (TPSA) is 17.1 Å². The fourth-order valence-electron chi connectivity index (χ4n) is 2.23. The minimum atomic E-state index is 0.773. The zero-order chi connectivity index (χ0) is 13.8. The maximum Gasteiger partial charge on any atom is 0.160 e. The van der Waals surface area contributed by atoms with Gasteiger partial charge in [-0.2, -0.15) is 0 Å². The molecule has 98 valence electrons. The van der Waals surface area contributed by atoms with E-state index in [0.717, 1.165) is 22.5 Å². The minimum absolute atomic E-state index is 0.773. The number of aldehydes is 1. The number of allylic oxidation sites excluding steroid dienone is 6. The van der Waals surface area contributed by atoms with E-state index in [-0.39, 0.29) is 0 Å². The van der Waals surface area contributed by atoms with Crippen LogP contribution >= 0.6 is 11.3 Å². The standard InChI is InChI=1S/C18H14OS/c19-13-17-11-12-18(20-17)16-8-4-7-15(9-10-16)14-5-2-1-3-6-14/h1-3,5-13H,4H2. The molecule has 0 amide bonds. The molecule has 0 bridgehead atoms. The molecule has 0 fully saturated rings. The van der Waals surface area contributed by atoms with Gasteiger partial charge in [-0.3, -0.25) is 4.79 Å². The molecule has 1 aromatic heterocycles. The predicted octanol–water partition coefficient (Wildman–Crippen LogP) is 4.99. The Hall–Kier alpha value is -2.19. The SMILES string of the molecule is O=Cc1ccc(C2=CCC=C(c3ccccc3)C=C2)s1. The van der Waals surface area contributed by atoms with E-state index in [9.17, 15) is 4.79 Å². The fourth-order valence-corrected chi connectivity index (χ4v) is 3.07. The van der Waals surface area contributed by atoms with Gasteiger partial charge in [0.15, 0.2) is 6.29 Å². The van der Waals surface area contributed by atoms with Gasteiger partial charge in [0.1, 0.15) is 0 Å². The zero-order valence-corrected chi connectivity index (χ0v) is 11.8. The number of rotatable bonds is 3. The lowest BCUT2D eigenvalue weighted by Crippen LogP contribution is -1.78. The molecule has 1 nitrogen and oxygen atoms in total. The van der Waals surface area contributed by atoms with E-state index in [1.165, 1.54) is 28.0 Å². The van der Waals surface area contributed by atoms with Crippen molar-refractivity contribution in [1.82, 2.24) is 0 Å². The molecule has 1 aliphatic rings. The molecule has 20 heavy (non-hydrogen) atoms. The van der Waals surface area contributed by atoms with Crippen LogP contribution in [0.3, 0.4) is 0 Å². The van der Waals surface area contributed by atoms with E-state index in [2.05, 4.69) is 48.6 Å². The van der Waals surface area contributed by atoms with Gasteiger partial charge < -0.3 is 0 Å². The molecule has 1 aromatic carbocycles. The number of carbonyl (C=O) groups excluding carboxylic acids is 1. The van der Waals surface area contributed by atoms with Gasteiger partial charge in [-0.05, 0) is 35.3 Å². The van der Waals surface area contributed by atoms with Crippen LogP contribution < -0.4 is 0 Å². The Morgan fingerprint density at radius 1 is 0.900 bits per heavy atom. The zero-order valence-electron chi connectivity index (χ0n) is 11.0. The Balaban J connectivity index is 1.86. The molecular formula is C18H14OS. The monoisotopic (exact) mass is 278 g/mol. The summed E-state index contributed by atoms with van der Waals surface area (Å²) in [7, 11) is 0. The summed E-state index contributed by atoms with van der Waals surface area (Å²) < 4.78 is 0. The molecule has 0 N–H and O–H groups in total. The van der Waals surface area contributed by atoms with Gasteiger partial charge in [0, 0.05) is 4.88 Å². The smallest absolute Gasteiger partial charge is 0.160 e. The average Bonchev–Trinajstić information content (AvgIpc) is 2.85. The van der Waals surface area contributed by atoms with Gasteiger partial charge in [-0.1, -0.05) is 54.6 Å². The first-order valence-electron chi connectivity index (χ1n) is 6.56. The van der Waals surface area contributed by atoms with Crippen LogP contribution in [-0.2, 0) is 0 Å². The molecule has 0 atom stereocenters. The van der Waals surface area contributed by atoms with E-state index in [1.54, 1.807) is 0 Å². The van der Waals surface area contributed by atoms with Crippen LogP contribution in [0.25, 0.3) is 11.1 Å². The van der Waals surface area contributed by atoms with E-state index < -0.39 is 0 Å². The molecule has 0 unspecified atom stereocenters. The Kier molecular flexibility index (Phi) is 3.75. The highest BCUT2D eigenvalue weighted by Crippen LogP contribution is 2.28. The summed E-state index contributed by atoms with van der Waals surface area (Å²) >= 11 is 1.53. The largest absolute Gasteiger partial charge is 0.297 e. The maximum absolute atomic E-state index is 10.8. The third-order valence-electron chi connectivity index (χ3n) is 3.25. The predicted molar refractivity (Wildman–Crippen MR) is 85.9 cm³/mol. The van der Waals surface area contributed by atoms with E-state index in [4.69, 9.17) is 0 Å². The second-order valence-corrected chi connectivity index (χ2v) is 5.69. The maximum atomic E-state index is 10.8. The molecule has 0 saturated heterocycles. The molecular weight excluding hydrogens is 264 g/mol. The van der Waals surface area contributed by atoms with Crippen molar-refractivity contribution in [2.45, 2.75) is 6.42 Å². The Bertz CT molecular complexity index is 702. The fraction of sp³-hybridized carbons (Fsp3) is 0.0556. The van der Waals surface area contributed by atoms with Crippen LogP contribution in [-0.4, -0.2) is 6.29 Å². The summed E-state index contributed by atoms with van der Waals surface area (Å²) in [6.45, 7) is 0. The second-order valence-electron chi connectivity index (χ2n) is 4.57. The third-order valence-corrected chi connectivity index (χ3v) is 4.31. The van der Waals surface area contributed by atoms with Crippen molar-refractivity contribution in [2.24, 2.45) is 0 Å². The number of carbonyl (C=O) groups is 1. The van der Waals surface area contributed by atoms with Gasteiger partial charge in [0.25, 0.3) is 0 Å². The van der Waals surface area contributed by atoms with Crippen LogP contribution in [0.15, 0.2) is 66.8 Å². The Morgan fingerprint density at radius 2 is 1.65 bits per heavy atom. The summed E-state index contributed by atoms with van der Waals surface area (Å²) in [6.07, 6.45) is 10.5. The number of benzene rings is 1. The number of hydrogen-bond donors (Lipinski definition) is 0. The number of thiophene rings is 1. The van der Waals surface area contributed by atoms with Crippen molar-refractivity contribution >= 4 is 28.8 Å². The minimum Gasteiger partial charge on any atom is -0.297 e. The van der Waals surface area contributed by atoms with Gasteiger partial charge in [-0.25, -0.2) is 0 Å². The third kappa shape index (κ3) is 2.70. The molecule has 0 aliphatic heterocycles. The number of hydrogen-bond acceptors (Lipinski definition) is 2. The van der Waals surface area contributed by atoms with Gasteiger partial charge in [-0.15, -0.1) is 11.3 Å². The normalized spacial score (nSPS) is 14.4. The lowest BCUT2D eigenvalue weighted by atomic mass is 10.1. The molecule has 2 aromatic rings. The van der Waals surface area contributed by atoms with E-state index >= 15 is 0 Å². The summed E-state index contributed by atoms with van der Waals surface area (Å²) in [4.78, 5) is 12.7. The second kappa shape index (κ2) is 5.85. The van der Waals surface area contributed by atoms with Gasteiger partial charge in [0.05, 0.1) is 4.88 Å². The molecule has 3 rings (SSSR count). The van der Waals surface area contributed by atoms with E-state index in [0.29, 0.717) is 0 Å². The summed E-state index contributed by atoms with van der Waals surface area (Å²) in [6, 6.07) is 14.3. The first-order chi connectivity index (χ1) is 9.86. The summed E-state index contributed by atoms with van der Waals surface area (Å²) in [5.41, 5.74) is 3.66. The Morgan fingerprint density at radius 3 is 2.40 bits per heavy atom. The van der Waals surface area contributed by atoms with Crippen molar-refractivity contribution in [3.05, 3.63) is 82.1 Å². The first-order valence-corrected chi connectivity index (χ1v) is 7.38. The molecule has 0 saturated carbocycles. The highest BCUT2D eigenvalue weighted by atomic mass is 32.1. The van der Waals surface area contributed by atoms with Gasteiger partial charge >= 0.3 is 0 Å².